The molecule has 7 nitrogen and oxygen atoms in total. The van der Waals surface area contributed by atoms with E-state index in [4.69, 9.17) is 4.98 Å². The first kappa shape index (κ1) is 20.7. The SMILES string of the molecule is C=C/C=C(/c1ccc(C(=C)C)s1)c1nc(-c2[nH]nc3ncc(-c4cnccn4)cc23)[nH]c1C. The molecule has 162 valence electrons. The Kier molecular flexibility index (Phi) is 5.27. The fourth-order valence-corrected chi connectivity index (χ4v) is 4.58. The number of H-pyrrole nitrogens is 2. The Morgan fingerprint density at radius 3 is 2.70 bits per heavy atom. The number of allylic oxidation sites excluding steroid dienone is 3. The van der Waals surface area contributed by atoms with Gasteiger partial charge in [-0.1, -0.05) is 25.3 Å². The summed E-state index contributed by atoms with van der Waals surface area (Å²) in [6.07, 6.45) is 10.5. The lowest BCUT2D eigenvalue weighted by Gasteiger charge is -2.02. The smallest absolute Gasteiger partial charge is 0.181 e. The van der Waals surface area contributed by atoms with Gasteiger partial charge in [0.2, 0.25) is 0 Å². The van der Waals surface area contributed by atoms with Crippen LogP contribution in [0.1, 0.15) is 28.1 Å². The minimum Gasteiger partial charge on any atom is -0.340 e. The van der Waals surface area contributed by atoms with Gasteiger partial charge in [0.1, 0.15) is 5.69 Å². The highest BCUT2D eigenvalue weighted by molar-refractivity contribution is 7.14. The molecular weight excluding hydrogens is 430 g/mol. The van der Waals surface area contributed by atoms with Gasteiger partial charge >= 0.3 is 0 Å². The van der Waals surface area contributed by atoms with E-state index in [2.05, 4.69) is 55.4 Å². The zero-order valence-electron chi connectivity index (χ0n) is 18.3. The van der Waals surface area contributed by atoms with Crippen LogP contribution < -0.4 is 0 Å². The molecule has 0 radical (unpaired) electrons. The second-order valence-electron chi connectivity index (χ2n) is 7.60. The van der Waals surface area contributed by atoms with E-state index < -0.39 is 0 Å². The van der Waals surface area contributed by atoms with E-state index in [9.17, 15) is 0 Å². The van der Waals surface area contributed by atoms with Crippen molar-refractivity contribution in [2.75, 3.05) is 0 Å². The normalized spacial score (nSPS) is 11.8. The van der Waals surface area contributed by atoms with Gasteiger partial charge in [-0.2, -0.15) is 5.10 Å². The number of hydrogen-bond acceptors (Lipinski definition) is 6. The molecule has 0 saturated carbocycles. The van der Waals surface area contributed by atoms with Crippen molar-refractivity contribution >= 4 is 33.5 Å². The summed E-state index contributed by atoms with van der Waals surface area (Å²) in [5.74, 6) is 0.690. The summed E-state index contributed by atoms with van der Waals surface area (Å²) in [6, 6.07) is 6.19. The number of rotatable bonds is 6. The second-order valence-corrected chi connectivity index (χ2v) is 8.69. The number of thiophene rings is 1. The van der Waals surface area contributed by atoms with Crippen molar-refractivity contribution in [3.63, 3.8) is 0 Å². The van der Waals surface area contributed by atoms with Crippen molar-refractivity contribution < 1.29 is 0 Å². The van der Waals surface area contributed by atoms with Gasteiger partial charge in [0.25, 0.3) is 0 Å². The number of nitrogens with zero attached hydrogens (tertiary/aromatic N) is 5. The van der Waals surface area contributed by atoms with Crippen LogP contribution in [0.4, 0.5) is 0 Å². The highest BCUT2D eigenvalue weighted by Crippen LogP contribution is 2.35. The van der Waals surface area contributed by atoms with Gasteiger partial charge in [-0.05, 0) is 37.6 Å². The molecule has 0 amide bonds. The molecule has 0 unspecified atom stereocenters. The first-order chi connectivity index (χ1) is 16.0. The Bertz CT molecular complexity index is 1520. The Balaban J connectivity index is 1.59. The zero-order valence-corrected chi connectivity index (χ0v) is 19.1. The van der Waals surface area contributed by atoms with Crippen molar-refractivity contribution in [3.05, 3.63) is 89.4 Å². The van der Waals surface area contributed by atoms with Crippen molar-refractivity contribution in [1.29, 1.82) is 0 Å². The van der Waals surface area contributed by atoms with Crippen LogP contribution in [0.5, 0.6) is 0 Å². The van der Waals surface area contributed by atoms with Crippen molar-refractivity contribution in [2.24, 2.45) is 0 Å². The van der Waals surface area contributed by atoms with Gasteiger partial charge in [-0.3, -0.25) is 15.1 Å². The summed E-state index contributed by atoms with van der Waals surface area (Å²) in [5, 5.41) is 8.30. The predicted molar refractivity (Wildman–Crippen MR) is 134 cm³/mol. The van der Waals surface area contributed by atoms with Crippen LogP contribution in [-0.4, -0.2) is 35.1 Å². The quantitative estimate of drug-likeness (QED) is 0.317. The van der Waals surface area contributed by atoms with Crippen LogP contribution in [0, 0.1) is 6.92 Å². The van der Waals surface area contributed by atoms with E-state index in [1.165, 1.54) is 0 Å². The van der Waals surface area contributed by atoms with E-state index >= 15 is 0 Å². The topological polar surface area (TPSA) is 96.0 Å². The third kappa shape index (κ3) is 3.81. The zero-order chi connectivity index (χ0) is 22.9. The van der Waals surface area contributed by atoms with Crippen LogP contribution >= 0.6 is 11.3 Å². The maximum atomic E-state index is 4.94. The number of aromatic amines is 2. The van der Waals surface area contributed by atoms with Crippen LogP contribution in [0.15, 0.2) is 68.3 Å². The summed E-state index contributed by atoms with van der Waals surface area (Å²) in [5.41, 5.74) is 6.84. The molecule has 8 heteroatoms. The Morgan fingerprint density at radius 1 is 1.12 bits per heavy atom. The van der Waals surface area contributed by atoms with Crippen molar-refractivity contribution in [2.45, 2.75) is 13.8 Å². The molecule has 0 fully saturated rings. The molecule has 5 aromatic rings. The summed E-state index contributed by atoms with van der Waals surface area (Å²) < 4.78 is 0. The Labute approximate surface area is 194 Å². The van der Waals surface area contributed by atoms with Crippen LogP contribution in [-0.2, 0) is 0 Å². The number of pyridine rings is 1. The number of hydrogen-bond donors (Lipinski definition) is 2. The molecule has 5 heterocycles. The molecule has 0 aliphatic carbocycles. The molecule has 0 atom stereocenters. The monoisotopic (exact) mass is 451 g/mol. The molecule has 0 aromatic carbocycles. The molecule has 2 N–H and O–H groups in total. The fourth-order valence-electron chi connectivity index (χ4n) is 3.62. The molecule has 5 aromatic heterocycles. The molecule has 33 heavy (non-hydrogen) atoms. The average Bonchev–Trinajstić information content (AvgIpc) is 3.56. The van der Waals surface area contributed by atoms with Crippen LogP contribution in [0.25, 0.3) is 45.0 Å². The molecule has 5 rings (SSSR count). The largest absolute Gasteiger partial charge is 0.340 e. The summed E-state index contributed by atoms with van der Waals surface area (Å²) in [7, 11) is 0. The number of fused-ring (bicyclic) bond motifs is 1. The van der Waals surface area contributed by atoms with Gasteiger partial charge in [0, 0.05) is 45.2 Å². The highest BCUT2D eigenvalue weighted by Gasteiger charge is 2.19. The fraction of sp³-hybridized carbons (Fsp3) is 0.0800. The Morgan fingerprint density at radius 2 is 1.97 bits per heavy atom. The lowest BCUT2D eigenvalue weighted by atomic mass is 10.1. The molecule has 0 bridgehead atoms. The number of aromatic nitrogens is 7. The number of nitrogens with one attached hydrogen (secondary N) is 2. The van der Waals surface area contributed by atoms with E-state index in [-0.39, 0.29) is 0 Å². The van der Waals surface area contributed by atoms with Crippen molar-refractivity contribution in [1.82, 2.24) is 35.1 Å². The van der Waals surface area contributed by atoms with Gasteiger partial charge in [-0.15, -0.1) is 11.3 Å². The average molecular weight is 452 g/mol. The first-order valence-electron chi connectivity index (χ1n) is 10.3. The van der Waals surface area contributed by atoms with E-state index in [1.807, 2.05) is 26.0 Å². The number of aryl methyl sites for hydroxylation is 1. The molecule has 0 saturated heterocycles. The van der Waals surface area contributed by atoms with Crippen LogP contribution in [0.2, 0.25) is 0 Å². The highest BCUT2D eigenvalue weighted by atomic mass is 32.1. The van der Waals surface area contributed by atoms with E-state index in [0.29, 0.717) is 11.5 Å². The third-order valence-electron chi connectivity index (χ3n) is 5.22. The Hall–Kier alpha value is -4.17. The lowest BCUT2D eigenvalue weighted by molar-refractivity contribution is 1.08. The predicted octanol–water partition coefficient (Wildman–Crippen LogP) is 5.83. The standard InChI is InChI=1S/C25H21N7S/c1-5-6-17(21-8-7-20(33-21)14(2)3)22-15(4)29-25(30-22)23-18-11-16(12-28-24(18)32-31-23)19-13-26-9-10-27-19/h5-13H,1-2H2,3-4H3,(H,29,30)(H,28,31,32)/b17-6-. The minimum absolute atomic E-state index is 0.611. The van der Waals surface area contributed by atoms with E-state index in [0.717, 1.165) is 54.6 Å². The maximum absolute atomic E-state index is 4.94. The van der Waals surface area contributed by atoms with E-state index in [1.54, 1.807) is 42.2 Å². The van der Waals surface area contributed by atoms with Gasteiger partial charge < -0.3 is 4.98 Å². The van der Waals surface area contributed by atoms with Gasteiger partial charge in [0.15, 0.2) is 11.5 Å². The summed E-state index contributed by atoms with van der Waals surface area (Å²) >= 11 is 1.69. The third-order valence-corrected chi connectivity index (χ3v) is 6.50. The second kappa shape index (κ2) is 8.40. The first-order valence-corrected chi connectivity index (χ1v) is 11.1. The van der Waals surface area contributed by atoms with Gasteiger partial charge in [0.05, 0.1) is 23.0 Å². The molecule has 0 aliphatic heterocycles. The maximum Gasteiger partial charge on any atom is 0.181 e. The van der Waals surface area contributed by atoms with Crippen LogP contribution in [0.3, 0.4) is 0 Å². The summed E-state index contributed by atoms with van der Waals surface area (Å²) in [6.45, 7) is 12.0. The lowest BCUT2D eigenvalue weighted by Crippen LogP contribution is -1.89. The minimum atomic E-state index is 0.611. The van der Waals surface area contributed by atoms with Gasteiger partial charge in [-0.25, -0.2) is 9.97 Å². The molecular formula is C25H21N7S. The summed E-state index contributed by atoms with van der Waals surface area (Å²) in [4.78, 5) is 23.6. The molecule has 0 spiro atoms. The molecule has 0 aliphatic rings. The number of imidazole rings is 1. The van der Waals surface area contributed by atoms with Crippen molar-refractivity contribution in [3.8, 4) is 22.8 Å².